The molecule has 0 bridgehead atoms. The molecule has 0 aromatic carbocycles. The predicted molar refractivity (Wildman–Crippen MR) is 54.5 cm³/mol. The van der Waals surface area contributed by atoms with Crippen molar-refractivity contribution in [1.82, 2.24) is 15.3 Å². The van der Waals surface area contributed by atoms with Gasteiger partial charge in [-0.05, 0) is 14.0 Å². The summed E-state index contributed by atoms with van der Waals surface area (Å²) in [5.41, 5.74) is 2.52. The molecule has 1 aromatic rings. The lowest BCUT2D eigenvalue weighted by atomic mass is 10.2. The monoisotopic (exact) mass is 195 g/mol. The maximum Gasteiger partial charge on any atom is 0.145 e. The van der Waals surface area contributed by atoms with Crippen LogP contribution in [0, 0.1) is 0 Å². The topological polar surface area (TPSA) is 37.8 Å². The van der Waals surface area contributed by atoms with Crippen LogP contribution < -0.4 is 5.32 Å². The van der Waals surface area contributed by atoms with Gasteiger partial charge in [-0.15, -0.1) is 0 Å². The first-order chi connectivity index (χ1) is 6.31. The molecule has 0 amide bonds. The zero-order chi connectivity index (χ0) is 9.26. The molecular formula is C9H13N3S. The normalized spacial score (nSPS) is 17.1. The molecule has 0 fully saturated rings. The first-order valence-corrected chi connectivity index (χ1v) is 5.56. The van der Waals surface area contributed by atoms with Crippen LogP contribution in [-0.4, -0.2) is 17.0 Å². The maximum absolute atomic E-state index is 4.53. The van der Waals surface area contributed by atoms with Crippen LogP contribution in [0.15, 0.2) is 6.20 Å². The lowest BCUT2D eigenvalue weighted by molar-refractivity contribution is 0.606. The van der Waals surface area contributed by atoms with E-state index in [2.05, 4.69) is 22.2 Å². The summed E-state index contributed by atoms with van der Waals surface area (Å²) < 4.78 is 0. The molecule has 0 aliphatic carbocycles. The van der Waals surface area contributed by atoms with Crippen LogP contribution in [0.5, 0.6) is 0 Å². The molecule has 3 nitrogen and oxygen atoms in total. The van der Waals surface area contributed by atoms with Gasteiger partial charge in [-0.2, -0.15) is 11.8 Å². The molecule has 0 saturated heterocycles. The van der Waals surface area contributed by atoms with Crippen LogP contribution in [0.4, 0.5) is 0 Å². The molecule has 1 unspecified atom stereocenters. The van der Waals surface area contributed by atoms with E-state index in [1.54, 1.807) is 0 Å². The molecule has 70 valence electrons. The van der Waals surface area contributed by atoms with Crippen molar-refractivity contribution in [2.24, 2.45) is 0 Å². The predicted octanol–water partition coefficient (Wildman–Crippen LogP) is 1.50. The summed E-state index contributed by atoms with van der Waals surface area (Å²) in [6.45, 7) is 2.07. The Morgan fingerprint density at radius 3 is 3.15 bits per heavy atom. The lowest BCUT2D eigenvalue weighted by Crippen LogP contribution is -2.16. The van der Waals surface area contributed by atoms with Crippen LogP contribution in [-0.2, 0) is 11.5 Å². The van der Waals surface area contributed by atoms with Gasteiger partial charge in [-0.1, -0.05) is 0 Å². The number of nitrogens with zero attached hydrogens (tertiary/aromatic N) is 2. The molecule has 0 radical (unpaired) electrons. The number of hydrogen-bond acceptors (Lipinski definition) is 4. The van der Waals surface area contributed by atoms with Gasteiger partial charge in [0.15, 0.2) is 0 Å². The Hall–Kier alpha value is -0.610. The van der Waals surface area contributed by atoms with Crippen molar-refractivity contribution in [1.29, 1.82) is 0 Å². The summed E-state index contributed by atoms with van der Waals surface area (Å²) >= 11 is 1.91. The fourth-order valence-corrected chi connectivity index (χ4v) is 2.30. The molecule has 1 N–H and O–H groups in total. The number of nitrogens with one attached hydrogen (secondary N) is 1. The summed E-state index contributed by atoms with van der Waals surface area (Å²) in [4.78, 5) is 8.86. The minimum Gasteiger partial charge on any atom is -0.311 e. The van der Waals surface area contributed by atoms with E-state index >= 15 is 0 Å². The van der Waals surface area contributed by atoms with Crippen molar-refractivity contribution >= 4 is 11.8 Å². The summed E-state index contributed by atoms with van der Waals surface area (Å²) in [5, 5.41) is 3.14. The summed E-state index contributed by atoms with van der Waals surface area (Å²) in [6.07, 6.45) is 1.96. The first kappa shape index (κ1) is 8.97. The minimum atomic E-state index is 0.246. The third-order valence-electron chi connectivity index (χ3n) is 2.29. The highest BCUT2D eigenvalue weighted by molar-refractivity contribution is 7.98. The second-order valence-electron chi connectivity index (χ2n) is 3.20. The fraction of sp³-hybridized carbons (Fsp3) is 0.556. The third kappa shape index (κ3) is 1.69. The van der Waals surface area contributed by atoms with Gasteiger partial charge in [0.1, 0.15) is 5.82 Å². The smallest absolute Gasteiger partial charge is 0.145 e. The van der Waals surface area contributed by atoms with Crippen LogP contribution in [0.1, 0.15) is 30.0 Å². The van der Waals surface area contributed by atoms with Crippen LogP contribution in [0.2, 0.25) is 0 Å². The molecular weight excluding hydrogens is 182 g/mol. The molecule has 4 heteroatoms. The SMILES string of the molecule is CNC(C)c1ncc2c(n1)CSC2. The van der Waals surface area contributed by atoms with E-state index in [1.807, 2.05) is 25.0 Å². The van der Waals surface area contributed by atoms with Crippen molar-refractivity contribution in [3.05, 3.63) is 23.3 Å². The molecule has 13 heavy (non-hydrogen) atoms. The number of rotatable bonds is 2. The molecule has 1 aliphatic rings. The van der Waals surface area contributed by atoms with Gasteiger partial charge < -0.3 is 5.32 Å². The number of aromatic nitrogens is 2. The summed E-state index contributed by atoms with van der Waals surface area (Å²) in [6, 6.07) is 0.246. The molecule has 0 saturated carbocycles. The van der Waals surface area contributed by atoms with E-state index in [4.69, 9.17) is 0 Å². The summed E-state index contributed by atoms with van der Waals surface area (Å²) in [5.74, 6) is 3.02. The van der Waals surface area contributed by atoms with E-state index in [0.717, 1.165) is 17.3 Å². The van der Waals surface area contributed by atoms with Gasteiger partial charge in [0.2, 0.25) is 0 Å². The molecule has 1 atom stereocenters. The Kier molecular flexibility index (Phi) is 2.51. The number of thioether (sulfide) groups is 1. The highest BCUT2D eigenvalue weighted by Gasteiger charge is 2.15. The van der Waals surface area contributed by atoms with E-state index in [9.17, 15) is 0 Å². The zero-order valence-electron chi connectivity index (χ0n) is 7.87. The minimum absolute atomic E-state index is 0.246. The fourth-order valence-electron chi connectivity index (χ4n) is 1.30. The van der Waals surface area contributed by atoms with E-state index in [-0.39, 0.29) is 6.04 Å². The first-order valence-electron chi connectivity index (χ1n) is 4.41. The van der Waals surface area contributed by atoms with Crippen LogP contribution in [0.25, 0.3) is 0 Å². The van der Waals surface area contributed by atoms with Gasteiger partial charge in [-0.3, -0.25) is 0 Å². The van der Waals surface area contributed by atoms with Crippen molar-refractivity contribution in [3.8, 4) is 0 Å². The van der Waals surface area contributed by atoms with Gasteiger partial charge in [0.25, 0.3) is 0 Å². The highest BCUT2D eigenvalue weighted by atomic mass is 32.2. The summed E-state index contributed by atoms with van der Waals surface area (Å²) in [7, 11) is 1.93. The number of fused-ring (bicyclic) bond motifs is 1. The van der Waals surface area contributed by atoms with Crippen molar-refractivity contribution in [2.45, 2.75) is 24.5 Å². The second kappa shape index (κ2) is 3.64. The van der Waals surface area contributed by atoms with Crippen molar-refractivity contribution in [3.63, 3.8) is 0 Å². The molecule has 0 spiro atoms. The molecule has 2 rings (SSSR count). The largest absolute Gasteiger partial charge is 0.311 e. The van der Waals surface area contributed by atoms with Gasteiger partial charge >= 0.3 is 0 Å². The highest BCUT2D eigenvalue weighted by Crippen LogP contribution is 2.27. The molecule has 2 heterocycles. The average Bonchev–Trinajstić information content (AvgIpc) is 2.63. The molecule has 1 aliphatic heterocycles. The average molecular weight is 195 g/mol. The zero-order valence-corrected chi connectivity index (χ0v) is 8.69. The lowest BCUT2D eigenvalue weighted by Gasteiger charge is -2.09. The van der Waals surface area contributed by atoms with Crippen molar-refractivity contribution in [2.75, 3.05) is 7.05 Å². The Morgan fingerprint density at radius 1 is 1.54 bits per heavy atom. The second-order valence-corrected chi connectivity index (χ2v) is 4.19. The maximum atomic E-state index is 4.53. The van der Waals surface area contributed by atoms with Gasteiger partial charge in [-0.25, -0.2) is 9.97 Å². The van der Waals surface area contributed by atoms with E-state index in [0.29, 0.717) is 0 Å². The van der Waals surface area contributed by atoms with Crippen LogP contribution in [0.3, 0.4) is 0 Å². The number of hydrogen-bond donors (Lipinski definition) is 1. The standard InChI is InChI=1S/C9H13N3S/c1-6(10-2)9-11-3-7-4-13-5-8(7)12-9/h3,6,10H,4-5H2,1-2H3. The van der Waals surface area contributed by atoms with Crippen LogP contribution >= 0.6 is 11.8 Å². The van der Waals surface area contributed by atoms with Gasteiger partial charge in [0.05, 0.1) is 11.7 Å². The Labute approximate surface area is 82.4 Å². The van der Waals surface area contributed by atoms with Crippen molar-refractivity contribution < 1.29 is 0 Å². The van der Waals surface area contributed by atoms with E-state index < -0.39 is 0 Å². The Balaban J connectivity index is 2.30. The Bertz CT molecular complexity index is 314. The quantitative estimate of drug-likeness (QED) is 0.776. The van der Waals surface area contributed by atoms with E-state index in [1.165, 1.54) is 11.3 Å². The van der Waals surface area contributed by atoms with Gasteiger partial charge in [0, 0.05) is 23.3 Å². The third-order valence-corrected chi connectivity index (χ3v) is 3.28. The Morgan fingerprint density at radius 2 is 2.38 bits per heavy atom. The molecule has 1 aromatic heterocycles.